The molecule has 0 aliphatic heterocycles. The van der Waals surface area contributed by atoms with Crippen molar-refractivity contribution in [3.05, 3.63) is 35.4 Å². The van der Waals surface area contributed by atoms with Crippen LogP contribution >= 0.6 is 0 Å². The molecule has 1 rings (SSSR count). The third-order valence-electron chi connectivity index (χ3n) is 3.46. The number of nitrogens with zero attached hydrogens (tertiary/aromatic N) is 2. The number of rotatable bonds is 10. The van der Waals surface area contributed by atoms with E-state index in [9.17, 15) is 4.79 Å². The first-order valence-corrected chi connectivity index (χ1v) is 8.61. The highest BCUT2D eigenvalue weighted by Gasteiger charge is 2.06. The molecule has 0 saturated carbocycles. The molecule has 0 bridgehead atoms. The van der Waals surface area contributed by atoms with Crippen molar-refractivity contribution >= 4 is 11.9 Å². The van der Waals surface area contributed by atoms with Gasteiger partial charge >= 0.3 is 0 Å². The molecule has 7 nitrogen and oxygen atoms in total. The van der Waals surface area contributed by atoms with Crippen molar-refractivity contribution < 1.29 is 9.53 Å². The average molecular weight is 349 g/mol. The first kappa shape index (κ1) is 20.9. The maximum Gasteiger partial charge on any atom is 0.251 e. The molecule has 25 heavy (non-hydrogen) atoms. The van der Waals surface area contributed by atoms with E-state index in [1.165, 1.54) is 0 Å². The third-order valence-corrected chi connectivity index (χ3v) is 3.46. The largest absolute Gasteiger partial charge is 0.380 e. The smallest absolute Gasteiger partial charge is 0.251 e. The van der Waals surface area contributed by atoms with Gasteiger partial charge in [0.15, 0.2) is 5.96 Å². The molecule has 0 radical (unpaired) electrons. The summed E-state index contributed by atoms with van der Waals surface area (Å²) in [6.07, 6.45) is 0. The molecule has 0 aliphatic rings. The van der Waals surface area contributed by atoms with E-state index >= 15 is 0 Å². The average Bonchev–Trinajstić information content (AvgIpc) is 2.61. The van der Waals surface area contributed by atoms with Crippen molar-refractivity contribution in [3.8, 4) is 0 Å². The Morgan fingerprint density at radius 1 is 1.20 bits per heavy atom. The van der Waals surface area contributed by atoms with Crippen LogP contribution in [0.25, 0.3) is 0 Å². The topological polar surface area (TPSA) is 78.0 Å². The minimum atomic E-state index is -0.0529. The number of nitrogens with one attached hydrogen (secondary N) is 3. The van der Waals surface area contributed by atoms with Gasteiger partial charge < -0.3 is 25.6 Å². The molecule has 0 aliphatic carbocycles. The van der Waals surface area contributed by atoms with Crippen LogP contribution < -0.4 is 16.0 Å². The van der Waals surface area contributed by atoms with Gasteiger partial charge in [-0.3, -0.25) is 9.79 Å². The fourth-order valence-electron chi connectivity index (χ4n) is 2.11. The van der Waals surface area contributed by atoms with Crippen molar-refractivity contribution in [1.82, 2.24) is 20.9 Å². The number of carbonyl (C=O) groups excluding carboxylic acids is 1. The maximum absolute atomic E-state index is 12.2. The van der Waals surface area contributed by atoms with Crippen molar-refractivity contribution in [1.29, 1.82) is 0 Å². The molecular formula is C18H31N5O2. The lowest BCUT2D eigenvalue weighted by atomic mass is 10.1. The Bertz CT molecular complexity index is 546. The van der Waals surface area contributed by atoms with E-state index in [1.54, 1.807) is 7.05 Å². The van der Waals surface area contributed by atoms with E-state index in [0.29, 0.717) is 44.4 Å². The number of hydrogen-bond donors (Lipinski definition) is 3. The lowest BCUT2D eigenvalue weighted by Gasteiger charge is -2.13. The van der Waals surface area contributed by atoms with E-state index in [-0.39, 0.29) is 5.91 Å². The van der Waals surface area contributed by atoms with E-state index < -0.39 is 0 Å². The second kappa shape index (κ2) is 12.3. The lowest BCUT2D eigenvalue weighted by Crippen LogP contribution is -2.38. The van der Waals surface area contributed by atoms with Crippen LogP contribution in [-0.4, -0.2) is 70.8 Å². The summed E-state index contributed by atoms with van der Waals surface area (Å²) < 4.78 is 5.29. The van der Waals surface area contributed by atoms with E-state index in [4.69, 9.17) is 4.74 Å². The Labute approximate surface area is 150 Å². The van der Waals surface area contributed by atoms with Gasteiger partial charge in [-0.05, 0) is 38.7 Å². The minimum absolute atomic E-state index is 0.0529. The molecule has 1 aromatic rings. The predicted molar refractivity (Wildman–Crippen MR) is 102 cm³/mol. The highest BCUT2D eigenvalue weighted by atomic mass is 16.5. The summed E-state index contributed by atoms with van der Waals surface area (Å²) in [5.74, 6) is 0.656. The standard InChI is InChI=1S/C18H31N5O2/c1-5-25-12-10-21-18(19-2)22-14-15-7-6-8-16(13-15)17(24)20-9-11-23(3)4/h6-8,13H,5,9-12,14H2,1-4H3,(H,20,24)(H2,19,21,22). The number of likely N-dealkylation sites (N-methyl/N-ethyl adjacent to an activating group) is 1. The van der Waals surface area contributed by atoms with E-state index in [1.807, 2.05) is 50.2 Å². The number of guanidine groups is 1. The zero-order valence-corrected chi connectivity index (χ0v) is 15.8. The number of benzene rings is 1. The van der Waals surface area contributed by atoms with Crippen LogP contribution in [0.5, 0.6) is 0 Å². The number of amides is 1. The maximum atomic E-state index is 12.2. The zero-order chi connectivity index (χ0) is 18.5. The molecule has 0 spiro atoms. The predicted octanol–water partition coefficient (Wildman–Crippen LogP) is 0.680. The zero-order valence-electron chi connectivity index (χ0n) is 15.8. The SMILES string of the molecule is CCOCCNC(=NC)NCc1cccc(C(=O)NCCN(C)C)c1. The number of aliphatic imine (C=N–C) groups is 1. The molecular weight excluding hydrogens is 318 g/mol. The van der Waals surface area contributed by atoms with Crippen LogP contribution in [0.2, 0.25) is 0 Å². The van der Waals surface area contributed by atoms with Crippen LogP contribution in [-0.2, 0) is 11.3 Å². The first-order chi connectivity index (χ1) is 12.1. The summed E-state index contributed by atoms with van der Waals surface area (Å²) in [5, 5.41) is 9.33. The van der Waals surface area contributed by atoms with E-state index in [2.05, 4.69) is 20.9 Å². The van der Waals surface area contributed by atoms with Crippen LogP contribution in [0.1, 0.15) is 22.8 Å². The summed E-state index contributed by atoms with van der Waals surface area (Å²) in [7, 11) is 5.69. The van der Waals surface area contributed by atoms with Gasteiger partial charge in [-0.25, -0.2) is 0 Å². The second-order valence-electron chi connectivity index (χ2n) is 5.81. The minimum Gasteiger partial charge on any atom is -0.380 e. The van der Waals surface area contributed by atoms with Gasteiger partial charge in [-0.15, -0.1) is 0 Å². The quantitative estimate of drug-likeness (QED) is 0.329. The molecule has 1 amide bonds. The van der Waals surface area contributed by atoms with Crippen LogP contribution in [0.15, 0.2) is 29.3 Å². The van der Waals surface area contributed by atoms with Gasteiger partial charge in [-0.1, -0.05) is 12.1 Å². The first-order valence-electron chi connectivity index (χ1n) is 8.61. The highest BCUT2D eigenvalue weighted by Crippen LogP contribution is 2.05. The molecule has 0 unspecified atom stereocenters. The normalized spacial score (nSPS) is 11.5. The van der Waals surface area contributed by atoms with Crippen molar-refractivity contribution in [2.45, 2.75) is 13.5 Å². The summed E-state index contributed by atoms with van der Waals surface area (Å²) in [4.78, 5) is 18.4. The Kier molecular flexibility index (Phi) is 10.3. The molecule has 3 N–H and O–H groups in total. The van der Waals surface area contributed by atoms with Crippen molar-refractivity contribution in [2.24, 2.45) is 4.99 Å². The van der Waals surface area contributed by atoms with Crippen molar-refractivity contribution in [2.75, 3.05) is 54.0 Å². The van der Waals surface area contributed by atoms with Gasteiger partial charge in [0, 0.05) is 45.4 Å². The van der Waals surface area contributed by atoms with Crippen molar-refractivity contribution in [3.63, 3.8) is 0 Å². The summed E-state index contributed by atoms with van der Waals surface area (Å²) >= 11 is 0. The number of carbonyl (C=O) groups is 1. The van der Waals surface area contributed by atoms with Crippen LogP contribution in [0.4, 0.5) is 0 Å². The fourth-order valence-corrected chi connectivity index (χ4v) is 2.11. The molecule has 140 valence electrons. The van der Waals surface area contributed by atoms with E-state index in [0.717, 1.165) is 12.1 Å². The monoisotopic (exact) mass is 349 g/mol. The number of hydrogen-bond acceptors (Lipinski definition) is 4. The highest BCUT2D eigenvalue weighted by molar-refractivity contribution is 5.94. The van der Waals surface area contributed by atoms with Crippen LogP contribution in [0.3, 0.4) is 0 Å². The fraction of sp³-hybridized carbons (Fsp3) is 0.556. The Hall–Kier alpha value is -2.12. The second-order valence-corrected chi connectivity index (χ2v) is 5.81. The lowest BCUT2D eigenvalue weighted by molar-refractivity contribution is 0.0951. The van der Waals surface area contributed by atoms with Gasteiger partial charge in [0.2, 0.25) is 0 Å². The van der Waals surface area contributed by atoms with Gasteiger partial charge in [-0.2, -0.15) is 0 Å². The molecule has 0 heterocycles. The number of ether oxygens (including phenoxy) is 1. The molecule has 0 saturated heterocycles. The van der Waals surface area contributed by atoms with Gasteiger partial charge in [0.25, 0.3) is 5.91 Å². The molecule has 7 heteroatoms. The third kappa shape index (κ3) is 9.07. The Morgan fingerprint density at radius 2 is 2.00 bits per heavy atom. The molecule has 0 atom stereocenters. The Balaban J connectivity index is 2.47. The van der Waals surface area contributed by atoms with Gasteiger partial charge in [0.05, 0.1) is 6.61 Å². The summed E-state index contributed by atoms with van der Waals surface area (Å²) in [6, 6.07) is 7.59. The van der Waals surface area contributed by atoms with Crippen LogP contribution in [0, 0.1) is 0 Å². The molecule has 1 aromatic carbocycles. The van der Waals surface area contributed by atoms with Gasteiger partial charge in [0.1, 0.15) is 0 Å². The molecule has 0 fully saturated rings. The Morgan fingerprint density at radius 3 is 2.68 bits per heavy atom. The summed E-state index contributed by atoms with van der Waals surface area (Å²) in [5.41, 5.74) is 1.69. The molecule has 0 aromatic heterocycles. The summed E-state index contributed by atoms with van der Waals surface area (Å²) in [6.45, 7) is 6.05.